The van der Waals surface area contributed by atoms with Crippen LogP contribution in [0.3, 0.4) is 0 Å². The highest BCUT2D eigenvalue weighted by Crippen LogP contribution is 2.34. The van der Waals surface area contributed by atoms with Gasteiger partial charge in [0, 0.05) is 11.1 Å². The standard InChI is InChI=1S/C18H29ClN2/c1-18(2,3)15-7-10-21(11-8-15)12-9-17(20)14-5-4-6-16(19)13-14/h4-6,13,15,17H,7-12,20H2,1-3H3. The van der Waals surface area contributed by atoms with Gasteiger partial charge in [-0.2, -0.15) is 0 Å². The Kier molecular flexibility index (Phi) is 5.70. The van der Waals surface area contributed by atoms with E-state index in [4.69, 9.17) is 17.3 Å². The van der Waals surface area contributed by atoms with Crippen LogP contribution in [0.1, 0.15) is 51.6 Å². The van der Waals surface area contributed by atoms with E-state index in [1.165, 1.54) is 25.9 Å². The first-order chi connectivity index (χ1) is 9.86. The smallest absolute Gasteiger partial charge is 0.0409 e. The van der Waals surface area contributed by atoms with Gasteiger partial charge in [-0.3, -0.25) is 0 Å². The van der Waals surface area contributed by atoms with Crippen molar-refractivity contribution < 1.29 is 0 Å². The van der Waals surface area contributed by atoms with Crippen molar-refractivity contribution in [2.45, 2.75) is 46.1 Å². The summed E-state index contributed by atoms with van der Waals surface area (Å²) in [7, 11) is 0. The molecule has 1 heterocycles. The normalized spacial score (nSPS) is 19.7. The lowest BCUT2D eigenvalue weighted by atomic mass is 9.75. The van der Waals surface area contributed by atoms with Crippen LogP contribution >= 0.6 is 11.6 Å². The number of nitrogens with two attached hydrogens (primary N) is 1. The van der Waals surface area contributed by atoms with Gasteiger partial charge < -0.3 is 10.6 Å². The second kappa shape index (κ2) is 7.13. The molecule has 3 heteroatoms. The molecule has 1 unspecified atom stereocenters. The third kappa shape index (κ3) is 4.98. The SMILES string of the molecule is CC(C)(C)C1CCN(CCC(N)c2cccc(Cl)c2)CC1. The summed E-state index contributed by atoms with van der Waals surface area (Å²) < 4.78 is 0. The van der Waals surface area contributed by atoms with Gasteiger partial charge in [-0.15, -0.1) is 0 Å². The lowest BCUT2D eigenvalue weighted by Crippen LogP contribution is -2.39. The second-order valence-electron chi connectivity index (χ2n) is 7.43. The summed E-state index contributed by atoms with van der Waals surface area (Å²) in [6.45, 7) is 10.6. The minimum Gasteiger partial charge on any atom is -0.324 e. The van der Waals surface area contributed by atoms with Crippen molar-refractivity contribution in [2.24, 2.45) is 17.1 Å². The molecule has 21 heavy (non-hydrogen) atoms. The largest absolute Gasteiger partial charge is 0.324 e. The molecule has 0 bridgehead atoms. The van der Waals surface area contributed by atoms with Gasteiger partial charge in [0.15, 0.2) is 0 Å². The molecule has 1 fully saturated rings. The summed E-state index contributed by atoms with van der Waals surface area (Å²) in [4.78, 5) is 2.56. The van der Waals surface area contributed by atoms with Crippen LogP contribution in [0.5, 0.6) is 0 Å². The summed E-state index contributed by atoms with van der Waals surface area (Å²) in [6.07, 6.45) is 3.63. The first-order valence-electron chi connectivity index (χ1n) is 8.09. The summed E-state index contributed by atoms with van der Waals surface area (Å²) in [5, 5.41) is 0.772. The van der Waals surface area contributed by atoms with E-state index in [0.717, 1.165) is 29.5 Å². The summed E-state index contributed by atoms with van der Waals surface area (Å²) in [6, 6.07) is 8.02. The predicted molar refractivity (Wildman–Crippen MR) is 91.6 cm³/mol. The molecule has 0 spiro atoms. The second-order valence-corrected chi connectivity index (χ2v) is 7.87. The van der Waals surface area contributed by atoms with E-state index in [1.807, 2.05) is 18.2 Å². The summed E-state index contributed by atoms with van der Waals surface area (Å²) in [5.74, 6) is 0.857. The average Bonchev–Trinajstić information content (AvgIpc) is 2.44. The Morgan fingerprint density at radius 1 is 1.29 bits per heavy atom. The Morgan fingerprint density at radius 3 is 2.52 bits per heavy atom. The first-order valence-corrected chi connectivity index (χ1v) is 8.47. The molecule has 2 rings (SSSR count). The van der Waals surface area contributed by atoms with Crippen molar-refractivity contribution in [2.75, 3.05) is 19.6 Å². The van der Waals surface area contributed by atoms with E-state index >= 15 is 0 Å². The molecular weight excluding hydrogens is 280 g/mol. The van der Waals surface area contributed by atoms with Gasteiger partial charge >= 0.3 is 0 Å². The first kappa shape index (κ1) is 16.8. The van der Waals surface area contributed by atoms with Gasteiger partial charge in [-0.25, -0.2) is 0 Å². The van der Waals surface area contributed by atoms with Crippen molar-refractivity contribution in [3.63, 3.8) is 0 Å². The van der Waals surface area contributed by atoms with Gasteiger partial charge in [0.1, 0.15) is 0 Å². The molecule has 1 saturated heterocycles. The topological polar surface area (TPSA) is 29.3 Å². The zero-order valence-electron chi connectivity index (χ0n) is 13.6. The van der Waals surface area contributed by atoms with E-state index < -0.39 is 0 Å². The number of halogens is 1. The zero-order chi connectivity index (χ0) is 15.5. The quantitative estimate of drug-likeness (QED) is 0.888. The summed E-state index contributed by atoms with van der Waals surface area (Å²) in [5.41, 5.74) is 7.89. The molecule has 0 amide bonds. The monoisotopic (exact) mass is 308 g/mol. The molecule has 0 radical (unpaired) electrons. The Balaban J connectivity index is 1.77. The number of likely N-dealkylation sites (tertiary alicyclic amines) is 1. The van der Waals surface area contributed by atoms with E-state index in [1.54, 1.807) is 0 Å². The number of hydrogen-bond acceptors (Lipinski definition) is 2. The van der Waals surface area contributed by atoms with Gasteiger partial charge in [0.05, 0.1) is 0 Å². The van der Waals surface area contributed by atoms with Crippen LogP contribution < -0.4 is 5.73 Å². The molecule has 1 aliphatic rings. The molecule has 1 aromatic carbocycles. The number of rotatable bonds is 4. The molecule has 0 saturated carbocycles. The molecule has 0 aromatic heterocycles. The molecule has 1 aliphatic heterocycles. The van der Waals surface area contributed by atoms with Crippen molar-refractivity contribution >= 4 is 11.6 Å². The Bertz CT molecular complexity index is 445. The highest BCUT2D eigenvalue weighted by Gasteiger charge is 2.28. The van der Waals surface area contributed by atoms with Gasteiger partial charge in [0.2, 0.25) is 0 Å². The van der Waals surface area contributed by atoms with Crippen LogP contribution in [0.25, 0.3) is 0 Å². The fraction of sp³-hybridized carbons (Fsp3) is 0.667. The minimum atomic E-state index is 0.0871. The maximum Gasteiger partial charge on any atom is 0.0409 e. The van der Waals surface area contributed by atoms with Gasteiger partial charge in [0.25, 0.3) is 0 Å². The van der Waals surface area contributed by atoms with E-state index in [0.29, 0.717) is 5.41 Å². The Labute approximate surface area is 134 Å². The van der Waals surface area contributed by atoms with Crippen LogP contribution in [0.4, 0.5) is 0 Å². The lowest BCUT2D eigenvalue weighted by molar-refractivity contribution is 0.110. The number of nitrogens with zero attached hydrogens (tertiary/aromatic N) is 1. The fourth-order valence-electron chi connectivity index (χ4n) is 3.25. The van der Waals surface area contributed by atoms with E-state index in [2.05, 4.69) is 31.7 Å². The van der Waals surface area contributed by atoms with Crippen molar-refractivity contribution in [3.05, 3.63) is 34.9 Å². The third-order valence-electron chi connectivity index (χ3n) is 4.85. The lowest BCUT2D eigenvalue weighted by Gasteiger charge is -2.39. The maximum absolute atomic E-state index is 6.29. The van der Waals surface area contributed by atoms with E-state index in [-0.39, 0.29) is 6.04 Å². The average molecular weight is 309 g/mol. The molecule has 1 atom stereocenters. The minimum absolute atomic E-state index is 0.0871. The van der Waals surface area contributed by atoms with Crippen LogP contribution in [0, 0.1) is 11.3 Å². The van der Waals surface area contributed by atoms with Crippen molar-refractivity contribution in [1.29, 1.82) is 0 Å². The number of piperidine rings is 1. The van der Waals surface area contributed by atoms with Crippen molar-refractivity contribution in [3.8, 4) is 0 Å². The molecule has 2 nitrogen and oxygen atoms in total. The van der Waals surface area contributed by atoms with Crippen LogP contribution in [-0.4, -0.2) is 24.5 Å². The van der Waals surface area contributed by atoms with Gasteiger partial charge in [-0.05, 0) is 67.9 Å². The van der Waals surface area contributed by atoms with Crippen molar-refractivity contribution in [1.82, 2.24) is 4.90 Å². The molecule has 0 aliphatic carbocycles. The van der Waals surface area contributed by atoms with Crippen LogP contribution in [-0.2, 0) is 0 Å². The molecule has 2 N–H and O–H groups in total. The third-order valence-corrected chi connectivity index (χ3v) is 5.08. The number of hydrogen-bond donors (Lipinski definition) is 1. The molecule has 1 aromatic rings. The van der Waals surface area contributed by atoms with Crippen LogP contribution in [0.2, 0.25) is 5.02 Å². The molecule has 118 valence electrons. The highest BCUT2D eigenvalue weighted by atomic mass is 35.5. The van der Waals surface area contributed by atoms with Crippen LogP contribution in [0.15, 0.2) is 24.3 Å². The fourth-order valence-corrected chi connectivity index (χ4v) is 3.45. The Hall–Kier alpha value is -0.570. The zero-order valence-corrected chi connectivity index (χ0v) is 14.4. The molecular formula is C18H29ClN2. The maximum atomic E-state index is 6.29. The van der Waals surface area contributed by atoms with Gasteiger partial charge in [-0.1, -0.05) is 44.5 Å². The highest BCUT2D eigenvalue weighted by molar-refractivity contribution is 6.30. The van der Waals surface area contributed by atoms with E-state index in [9.17, 15) is 0 Å². The summed E-state index contributed by atoms with van der Waals surface area (Å²) >= 11 is 6.03. The number of benzene rings is 1. The Morgan fingerprint density at radius 2 is 1.95 bits per heavy atom. The predicted octanol–water partition coefficient (Wildman–Crippen LogP) is 4.49.